The van der Waals surface area contributed by atoms with Gasteiger partial charge >= 0.3 is 6.18 Å². The van der Waals surface area contributed by atoms with E-state index in [4.69, 9.17) is 4.52 Å². The summed E-state index contributed by atoms with van der Waals surface area (Å²) in [6, 6.07) is 5.63. The van der Waals surface area contributed by atoms with Gasteiger partial charge in [-0.2, -0.15) is 13.2 Å². The number of carbonyl (C=O) groups is 1. The smallest absolute Gasteiger partial charge is 0.391 e. The Balaban J connectivity index is 1.99. The highest BCUT2D eigenvalue weighted by Crippen LogP contribution is 2.40. The van der Waals surface area contributed by atoms with E-state index in [1.165, 1.54) is 29.2 Å². The molecule has 1 aromatic heterocycles. The van der Waals surface area contributed by atoms with E-state index >= 15 is 0 Å². The van der Waals surface area contributed by atoms with Crippen molar-refractivity contribution < 1.29 is 27.6 Å². The zero-order valence-electron chi connectivity index (χ0n) is 12.7. The summed E-state index contributed by atoms with van der Waals surface area (Å²) in [5.74, 6) is -0.143. The van der Waals surface area contributed by atoms with E-state index in [0.29, 0.717) is 5.76 Å². The molecule has 0 spiro atoms. The fraction of sp³-hybridized carbons (Fsp3) is 0.375. The molecule has 1 amide bonds. The lowest BCUT2D eigenvalue weighted by Gasteiger charge is -2.26. The topological polar surface area (TPSA) is 66.6 Å². The van der Waals surface area contributed by atoms with Crippen LogP contribution in [0.5, 0.6) is 0 Å². The van der Waals surface area contributed by atoms with Gasteiger partial charge in [-0.3, -0.25) is 4.79 Å². The van der Waals surface area contributed by atoms with Crippen LogP contribution in [0.25, 0.3) is 0 Å². The van der Waals surface area contributed by atoms with E-state index in [0.717, 1.165) is 6.07 Å². The molecule has 2 aromatic rings. The summed E-state index contributed by atoms with van der Waals surface area (Å²) in [6.07, 6.45) is -5.40. The van der Waals surface area contributed by atoms with Crippen molar-refractivity contribution in [3.63, 3.8) is 0 Å². The minimum atomic E-state index is -4.54. The van der Waals surface area contributed by atoms with Gasteiger partial charge in [-0.25, -0.2) is 0 Å². The molecule has 1 saturated heterocycles. The Bertz CT molecular complexity index is 757. The fourth-order valence-electron chi connectivity index (χ4n) is 2.99. The third-order valence-electron chi connectivity index (χ3n) is 4.01. The van der Waals surface area contributed by atoms with Gasteiger partial charge in [0, 0.05) is 12.6 Å². The first-order chi connectivity index (χ1) is 11.3. The predicted molar refractivity (Wildman–Crippen MR) is 77.1 cm³/mol. The Morgan fingerprint density at radius 1 is 1.38 bits per heavy atom. The van der Waals surface area contributed by atoms with Crippen LogP contribution in [0.2, 0.25) is 0 Å². The molecule has 1 aliphatic heterocycles. The number of carbonyl (C=O) groups excluding carboxylic acids is 1. The number of benzene rings is 1. The van der Waals surface area contributed by atoms with Crippen molar-refractivity contribution in [3.05, 3.63) is 52.9 Å². The van der Waals surface area contributed by atoms with E-state index in [2.05, 4.69) is 5.16 Å². The van der Waals surface area contributed by atoms with Gasteiger partial charge in [0.25, 0.3) is 5.91 Å². The van der Waals surface area contributed by atoms with Gasteiger partial charge in [-0.1, -0.05) is 23.4 Å². The summed E-state index contributed by atoms with van der Waals surface area (Å²) in [7, 11) is 0. The molecule has 24 heavy (non-hydrogen) atoms. The van der Waals surface area contributed by atoms with E-state index < -0.39 is 29.8 Å². The van der Waals surface area contributed by atoms with Gasteiger partial charge in [0.05, 0.1) is 17.7 Å². The number of β-amino-alcohol motifs (C(OH)–C–C–N with tert-alkyl or cyclic N) is 1. The molecule has 3 rings (SSSR count). The molecule has 0 radical (unpaired) electrons. The number of hydrogen-bond donors (Lipinski definition) is 1. The molecule has 2 atom stereocenters. The van der Waals surface area contributed by atoms with Crippen LogP contribution in [0, 0.1) is 6.92 Å². The molecular formula is C16H15F3N2O3. The number of aliphatic hydroxyl groups excluding tert-OH is 1. The largest absolute Gasteiger partial charge is 0.416 e. The number of aliphatic hydroxyl groups is 1. The van der Waals surface area contributed by atoms with Crippen LogP contribution in [0.3, 0.4) is 0 Å². The maximum atomic E-state index is 13.3. The lowest BCUT2D eigenvalue weighted by atomic mass is 9.97. The average Bonchev–Trinajstić information content (AvgIpc) is 3.12. The van der Waals surface area contributed by atoms with Crippen LogP contribution >= 0.6 is 0 Å². The van der Waals surface area contributed by atoms with Crippen LogP contribution in [0.4, 0.5) is 13.2 Å². The number of rotatable bonds is 2. The van der Waals surface area contributed by atoms with Crippen molar-refractivity contribution in [3.8, 4) is 0 Å². The van der Waals surface area contributed by atoms with Crippen LogP contribution < -0.4 is 0 Å². The fourth-order valence-corrected chi connectivity index (χ4v) is 2.99. The summed E-state index contributed by atoms with van der Waals surface area (Å²) in [6.45, 7) is 1.56. The summed E-state index contributed by atoms with van der Waals surface area (Å²) in [5.41, 5.74) is -0.829. The average molecular weight is 340 g/mol. The van der Waals surface area contributed by atoms with E-state index in [1.54, 1.807) is 6.92 Å². The molecule has 2 heterocycles. The molecule has 0 unspecified atom stereocenters. The van der Waals surface area contributed by atoms with Crippen molar-refractivity contribution in [2.24, 2.45) is 0 Å². The molecule has 0 aliphatic carbocycles. The SMILES string of the molecule is Cc1cc(C(=O)N2C[C@@H](O)C[C@H]2c2ccccc2C(F)(F)F)no1. The molecule has 0 saturated carbocycles. The Morgan fingerprint density at radius 2 is 2.08 bits per heavy atom. The quantitative estimate of drug-likeness (QED) is 0.913. The highest BCUT2D eigenvalue weighted by molar-refractivity contribution is 5.92. The van der Waals surface area contributed by atoms with Crippen LogP contribution in [-0.4, -0.2) is 33.7 Å². The minimum absolute atomic E-state index is 0.0103. The van der Waals surface area contributed by atoms with Crippen molar-refractivity contribution in [1.29, 1.82) is 0 Å². The van der Waals surface area contributed by atoms with Crippen molar-refractivity contribution in [2.75, 3.05) is 6.54 Å². The lowest BCUT2D eigenvalue weighted by Crippen LogP contribution is -2.32. The summed E-state index contributed by atoms with van der Waals surface area (Å²) in [4.78, 5) is 13.8. The van der Waals surface area contributed by atoms with Gasteiger partial charge in [-0.05, 0) is 25.0 Å². The highest BCUT2D eigenvalue weighted by Gasteiger charge is 2.42. The molecular weight excluding hydrogens is 325 g/mol. The zero-order chi connectivity index (χ0) is 17.5. The number of nitrogens with zero attached hydrogens (tertiary/aromatic N) is 2. The Hall–Kier alpha value is -2.35. The van der Waals surface area contributed by atoms with Gasteiger partial charge in [-0.15, -0.1) is 0 Å². The molecule has 8 heteroatoms. The van der Waals surface area contributed by atoms with E-state index in [-0.39, 0.29) is 24.2 Å². The zero-order valence-corrected chi connectivity index (χ0v) is 12.7. The monoisotopic (exact) mass is 340 g/mol. The first-order valence-corrected chi connectivity index (χ1v) is 7.36. The number of halogens is 3. The predicted octanol–water partition coefficient (Wildman–Crippen LogP) is 2.95. The maximum Gasteiger partial charge on any atom is 0.416 e. The third-order valence-corrected chi connectivity index (χ3v) is 4.01. The number of aromatic nitrogens is 1. The lowest BCUT2D eigenvalue weighted by molar-refractivity contribution is -0.138. The third kappa shape index (κ3) is 3.01. The normalized spacial score (nSPS) is 21.3. The molecule has 5 nitrogen and oxygen atoms in total. The second kappa shape index (κ2) is 5.94. The Kier molecular flexibility index (Phi) is 4.08. The van der Waals surface area contributed by atoms with Gasteiger partial charge < -0.3 is 14.5 Å². The summed E-state index contributed by atoms with van der Waals surface area (Å²) < 4.78 is 44.6. The molecule has 1 aliphatic rings. The molecule has 1 aromatic carbocycles. The number of alkyl halides is 3. The summed E-state index contributed by atoms with van der Waals surface area (Å²) in [5, 5.41) is 13.5. The summed E-state index contributed by atoms with van der Waals surface area (Å²) >= 11 is 0. The van der Waals surface area contributed by atoms with E-state index in [1.807, 2.05) is 0 Å². The van der Waals surface area contributed by atoms with Crippen molar-refractivity contribution >= 4 is 5.91 Å². The second-order valence-corrected chi connectivity index (χ2v) is 5.77. The van der Waals surface area contributed by atoms with Crippen LogP contribution in [0.1, 0.15) is 39.8 Å². The Labute approximate surface area is 135 Å². The van der Waals surface area contributed by atoms with Crippen molar-refractivity contribution in [1.82, 2.24) is 10.1 Å². The van der Waals surface area contributed by atoms with Gasteiger partial charge in [0.2, 0.25) is 0 Å². The standard InChI is InChI=1S/C16H15F3N2O3/c1-9-6-13(20-24-9)15(23)21-8-10(22)7-14(21)11-4-2-3-5-12(11)16(17,18)19/h2-6,10,14,22H,7-8H2,1H3/t10-,14-/m0/s1. The second-order valence-electron chi connectivity index (χ2n) is 5.77. The number of hydrogen-bond acceptors (Lipinski definition) is 4. The van der Waals surface area contributed by atoms with E-state index in [9.17, 15) is 23.1 Å². The molecule has 0 bridgehead atoms. The number of aryl methyl sites for hydroxylation is 1. The molecule has 1 N–H and O–H groups in total. The number of likely N-dealkylation sites (tertiary alicyclic amines) is 1. The Morgan fingerprint density at radius 3 is 2.71 bits per heavy atom. The molecule has 1 fully saturated rings. The van der Waals surface area contributed by atoms with Crippen LogP contribution in [-0.2, 0) is 6.18 Å². The van der Waals surface area contributed by atoms with Gasteiger partial charge in [0.1, 0.15) is 5.76 Å². The van der Waals surface area contributed by atoms with Gasteiger partial charge in [0.15, 0.2) is 5.69 Å². The molecule has 128 valence electrons. The maximum absolute atomic E-state index is 13.3. The van der Waals surface area contributed by atoms with Crippen molar-refractivity contribution in [2.45, 2.75) is 31.7 Å². The first kappa shape index (κ1) is 16.5. The minimum Gasteiger partial charge on any atom is -0.391 e. The highest BCUT2D eigenvalue weighted by atomic mass is 19.4. The van der Waals surface area contributed by atoms with Crippen LogP contribution in [0.15, 0.2) is 34.9 Å². The first-order valence-electron chi connectivity index (χ1n) is 7.36. The number of amides is 1.